The maximum atomic E-state index is 11.8. The van der Waals surface area contributed by atoms with E-state index in [1.807, 2.05) is 54.6 Å². The van der Waals surface area contributed by atoms with Gasteiger partial charge in [-0.05, 0) is 42.0 Å². The molecular weight excluding hydrogens is 328 g/mol. The summed E-state index contributed by atoms with van der Waals surface area (Å²) in [6, 6.07) is 17.4. The first kappa shape index (κ1) is 17.9. The first-order valence-electron chi connectivity index (χ1n) is 7.61. The number of nitrogens with two attached hydrogens (primary N) is 1. The minimum atomic E-state index is -0.163. The Hall–Kier alpha value is -1.49. The maximum absolute atomic E-state index is 11.8. The molecule has 0 bridgehead atoms. The van der Waals surface area contributed by atoms with Gasteiger partial charge in [0.25, 0.3) is 0 Å². The Bertz CT molecular complexity index is 604. The van der Waals surface area contributed by atoms with Crippen LogP contribution in [-0.2, 0) is 4.79 Å². The van der Waals surface area contributed by atoms with Crippen LogP contribution in [0.4, 0.5) is 0 Å². The summed E-state index contributed by atoms with van der Waals surface area (Å²) in [5, 5.41) is 3.64. The van der Waals surface area contributed by atoms with Gasteiger partial charge in [-0.1, -0.05) is 41.9 Å². The first-order chi connectivity index (χ1) is 11.1. The highest BCUT2D eigenvalue weighted by atomic mass is 35.5. The van der Waals surface area contributed by atoms with Crippen molar-refractivity contribution in [2.24, 2.45) is 5.73 Å². The summed E-state index contributed by atoms with van der Waals surface area (Å²) in [5.41, 5.74) is 7.09. The number of hydrogen-bond acceptors (Lipinski definition) is 3. The average Bonchev–Trinajstić information content (AvgIpc) is 2.59. The lowest BCUT2D eigenvalue weighted by Crippen LogP contribution is -2.31. The molecule has 23 heavy (non-hydrogen) atoms. The number of amides is 1. The third kappa shape index (κ3) is 6.65. The summed E-state index contributed by atoms with van der Waals surface area (Å²) in [4.78, 5) is 13.0. The van der Waals surface area contributed by atoms with E-state index in [9.17, 15) is 4.79 Å². The van der Waals surface area contributed by atoms with Crippen molar-refractivity contribution in [1.29, 1.82) is 0 Å². The summed E-state index contributed by atoms with van der Waals surface area (Å²) in [5.74, 6) is 0.952. The van der Waals surface area contributed by atoms with E-state index in [4.69, 9.17) is 17.3 Å². The molecule has 0 heterocycles. The van der Waals surface area contributed by atoms with E-state index in [1.54, 1.807) is 11.8 Å². The Morgan fingerprint density at radius 1 is 1.13 bits per heavy atom. The zero-order valence-corrected chi connectivity index (χ0v) is 14.4. The van der Waals surface area contributed by atoms with Gasteiger partial charge in [0.1, 0.15) is 0 Å². The number of rotatable bonds is 8. The average molecular weight is 349 g/mol. The Morgan fingerprint density at radius 2 is 1.83 bits per heavy atom. The molecule has 0 aliphatic carbocycles. The van der Waals surface area contributed by atoms with Gasteiger partial charge in [0.15, 0.2) is 0 Å². The lowest BCUT2D eigenvalue weighted by Gasteiger charge is -2.13. The number of halogens is 1. The molecule has 0 aliphatic rings. The van der Waals surface area contributed by atoms with Crippen LogP contribution in [0.2, 0.25) is 5.02 Å². The molecule has 0 aliphatic heterocycles. The van der Waals surface area contributed by atoms with Gasteiger partial charge in [0, 0.05) is 28.9 Å². The van der Waals surface area contributed by atoms with E-state index < -0.39 is 0 Å². The Balaban J connectivity index is 1.61. The molecule has 0 spiro atoms. The van der Waals surface area contributed by atoms with Crippen LogP contribution < -0.4 is 11.1 Å². The zero-order valence-electron chi connectivity index (χ0n) is 12.9. The number of thioether (sulfide) groups is 1. The number of carbonyl (C=O) groups excluding carboxylic acids is 1. The Morgan fingerprint density at radius 3 is 2.52 bits per heavy atom. The minimum absolute atomic E-state index is 0.0492. The van der Waals surface area contributed by atoms with Crippen molar-refractivity contribution < 1.29 is 4.79 Å². The monoisotopic (exact) mass is 348 g/mol. The summed E-state index contributed by atoms with van der Waals surface area (Å²) < 4.78 is 0. The molecule has 0 aromatic heterocycles. The SMILES string of the molecule is NC(CNC(=O)CCCSc1ccc(Cl)cc1)c1ccccc1. The second-order valence-electron chi connectivity index (χ2n) is 5.23. The third-order valence-electron chi connectivity index (χ3n) is 3.38. The molecule has 0 saturated carbocycles. The summed E-state index contributed by atoms with van der Waals surface area (Å²) >= 11 is 7.58. The second-order valence-corrected chi connectivity index (χ2v) is 6.83. The van der Waals surface area contributed by atoms with Crippen LogP contribution in [0.5, 0.6) is 0 Å². The number of nitrogens with one attached hydrogen (secondary N) is 1. The highest BCUT2D eigenvalue weighted by Crippen LogP contribution is 2.21. The summed E-state index contributed by atoms with van der Waals surface area (Å²) in [7, 11) is 0. The van der Waals surface area contributed by atoms with Crippen LogP contribution in [0.3, 0.4) is 0 Å². The first-order valence-corrected chi connectivity index (χ1v) is 8.97. The highest BCUT2D eigenvalue weighted by molar-refractivity contribution is 7.99. The zero-order chi connectivity index (χ0) is 16.5. The molecular formula is C18H21ClN2OS. The second kappa shape index (κ2) is 9.60. The standard InChI is InChI=1S/C18H21ClN2OS/c19-15-8-10-16(11-9-15)23-12-4-7-18(22)21-13-17(20)14-5-2-1-3-6-14/h1-3,5-6,8-11,17H,4,7,12-13,20H2,(H,21,22). The van der Waals surface area contributed by atoms with Crippen LogP contribution in [0.25, 0.3) is 0 Å². The van der Waals surface area contributed by atoms with Crippen molar-refractivity contribution in [3.63, 3.8) is 0 Å². The Kier molecular flexibility index (Phi) is 7.46. The molecule has 2 rings (SSSR count). The highest BCUT2D eigenvalue weighted by Gasteiger charge is 2.07. The van der Waals surface area contributed by atoms with Crippen molar-refractivity contribution in [3.05, 3.63) is 65.2 Å². The van der Waals surface area contributed by atoms with Gasteiger partial charge < -0.3 is 11.1 Å². The molecule has 3 nitrogen and oxygen atoms in total. The van der Waals surface area contributed by atoms with Crippen LogP contribution in [0.15, 0.2) is 59.5 Å². The molecule has 2 aromatic rings. The van der Waals surface area contributed by atoms with Gasteiger partial charge >= 0.3 is 0 Å². The predicted octanol–water partition coefficient (Wildman–Crippen LogP) is 4.03. The van der Waals surface area contributed by atoms with Gasteiger partial charge in [0.2, 0.25) is 5.91 Å². The van der Waals surface area contributed by atoms with Gasteiger partial charge in [-0.3, -0.25) is 4.79 Å². The van der Waals surface area contributed by atoms with Crippen molar-refractivity contribution in [2.75, 3.05) is 12.3 Å². The topological polar surface area (TPSA) is 55.1 Å². The molecule has 0 fully saturated rings. The van der Waals surface area contributed by atoms with Gasteiger partial charge in [-0.2, -0.15) is 0 Å². The molecule has 2 aromatic carbocycles. The molecule has 1 unspecified atom stereocenters. The van der Waals surface area contributed by atoms with Crippen molar-refractivity contribution in [1.82, 2.24) is 5.32 Å². The smallest absolute Gasteiger partial charge is 0.220 e. The minimum Gasteiger partial charge on any atom is -0.354 e. The predicted molar refractivity (Wildman–Crippen MR) is 97.8 cm³/mol. The van der Waals surface area contributed by atoms with E-state index >= 15 is 0 Å². The molecule has 3 N–H and O–H groups in total. The summed E-state index contributed by atoms with van der Waals surface area (Å²) in [6.07, 6.45) is 1.35. The molecule has 0 radical (unpaired) electrons. The fraction of sp³-hybridized carbons (Fsp3) is 0.278. The summed E-state index contributed by atoms with van der Waals surface area (Å²) in [6.45, 7) is 0.465. The molecule has 0 saturated heterocycles. The van der Waals surface area contributed by atoms with E-state index in [-0.39, 0.29) is 11.9 Å². The molecule has 5 heteroatoms. The fourth-order valence-corrected chi connectivity index (χ4v) is 3.06. The van der Waals surface area contributed by atoms with E-state index in [2.05, 4.69) is 5.32 Å². The van der Waals surface area contributed by atoms with Gasteiger partial charge in [-0.15, -0.1) is 11.8 Å². The van der Waals surface area contributed by atoms with Crippen molar-refractivity contribution >= 4 is 29.3 Å². The quantitative estimate of drug-likeness (QED) is 0.559. The Labute approximate surface area is 146 Å². The van der Waals surface area contributed by atoms with E-state index in [0.29, 0.717) is 13.0 Å². The van der Waals surface area contributed by atoms with E-state index in [1.165, 1.54) is 4.90 Å². The van der Waals surface area contributed by atoms with Gasteiger partial charge in [0.05, 0.1) is 0 Å². The normalized spacial score (nSPS) is 11.9. The number of hydrogen-bond donors (Lipinski definition) is 2. The number of benzene rings is 2. The maximum Gasteiger partial charge on any atom is 0.220 e. The number of carbonyl (C=O) groups is 1. The fourth-order valence-electron chi connectivity index (χ4n) is 2.08. The van der Waals surface area contributed by atoms with Crippen LogP contribution >= 0.6 is 23.4 Å². The molecule has 1 amide bonds. The van der Waals surface area contributed by atoms with Crippen molar-refractivity contribution in [2.45, 2.75) is 23.8 Å². The van der Waals surface area contributed by atoms with Crippen LogP contribution in [0.1, 0.15) is 24.4 Å². The van der Waals surface area contributed by atoms with Crippen molar-refractivity contribution in [3.8, 4) is 0 Å². The van der Waals surface area contributed by atoms with E-state index in [0.717, 1.165) is 22.8 Å². The van der Waals surface area contributed by atoms with Crippen LogP contribution in [-0.4, -0.2) is 18.2 Å². The lowest BCUT2D eigenvalue weighted by atomic mass is 10.1. The molecule has 122 valence electrons. The third-order valence-corrected chi connectivity index (χ3v) is 4.73. The van der Waals surface area contributed by atoms with Crippen LogP contribution in [0, 0.1) is 0 Å². The molecule has 1 atom stereocenters. The van der Waals surface area contributed by atoms with Gasteiger partial charge in [-0.25, -0.2) is 0 Å². The largest absolute Gasteiger partial charge is 0.354 e. The lowest BCUT2D eigenvalue weighted by molar-refractivity contribution is -0.121.